The summed E-state index contributed by atoms with van der Waals surface area (Å²) in [6.45, 7) is 4.78. The standard InChI is InChI=1S/C31H31FN8O2/c1-20-4-2-5-21-9-12-35-29(28(20)21)40(23-6-3-11-34-18-23)30(41)25-8-7-22(16-26(25)32)37-31-36-13-10-27(38-31)39-14-15-42-19-24(39)17-33/h2,4-5,7-10,12-13,16,23-24,34H,3,6,11,14-15,18-19H2,1H3,(H,36,37,38)/t23-,24?/m1/s1. The zero-order valence-corrected chi connectivity index (χ0v) is 23.3. The largest absolute Gasteiger partial charge is 0.376 e. The van der Waals surface area contributed by atoms with Crippen LogP contribution in [0.15, 0.2) is 60.9 Å². The van der Waals surface area contributed by atoms with Gasteiger partial charge in [0.25, 0.3) is 5.91 Å². The van der Waals surface area contributed by atoms with Gasteiger partial charge in [0, 0.05) is 36.6 Å². The lowest BCUT2D eigenvalue weighted by Crippen LogP contribution is -2.49. The fourth-order valence-corrected chi connectivity index (χ4v) is 5.64. The van der Waals surface area contributed by atoms with Gasteiger partial charge in [-0.3, -0.25) is 9.69 Å². The molecule has 11 heteroatoms. The Bertz CT molecular complexity index is 1650. The molecule has 2 N–H and O–H groups in total. The Morgan fingerprint density at radius 2 is 2.10 bits per heavy atom. The molecule has 214 valence electrons. The molecule has 4 aromatic rings. The second kappa shape index (κ2) is 12.1. The van der Waals surface area contributed by atoms with Crippen LogP contribution in [0.4, 0.5) is 27.7 Å². The van der Waals surface area contributed by atoms with Crippen LogP contribution in [0.3, 0.4) is 0 Å². The van der Waals surface area contributed by atoms with Crippen LogP contribution in [-0.2, 0) is 4.74 Å². The molecule has 2 atom stereocenters. The van der Waals surface area contributed by atoms with E-state index in [2.05, 4.69) is 31.7 Å². The number of hydrogen-bond acceptors (Lipinski definition) is 9. The van der Waals surface area contributed by atoms with Crippen LogP contribution in [0.1, 0.15) is 28.8 Å². The van der Waals surface area contributed by atoms with E-state index < -0.39 is 17.8 Å². The van der Waals surface area contributed by atoms with E-state index in [1.165, 1.54) is 12.1 Å². The quantitative estimate of drug-likeness (QED) is 0.351. The molecule has 2 aromatic carbocycles. The maximum absolute atomic E-state index is 15.7. The lowest BCUT2D eigenvalue weighted by Gasteiger charge is -2.35. The first kappa shape index (κ1) is 27.5. The highest BCUT2D eigenvalue weighted by atomic mass is 19.1. The van der Waals surface area contributed by atoms with Gasteiger partial charge in [0.15, 0.2) is 0 Å². The van der Waals surface area contributed by atoms with Gasteiger partial charge in [-0.2, -0.15) is 10.2 Å². The number of carbonyl (C=O) groups excluding carboxylic acids is 1. The highest BCUT2D eigenvalue weighted by molar-refractivity contribution is 6.11. The van der Waals surface area contributed by atoms with Crippen molar-refractivity contribution in [1.29, 1.82) is 5.26 Å². The van der Waals surface area contributed by atoms with E-state index in [0.29, 0.717) is 43.6 Å². The molecule has 0 aliphatic carbocycles. The van der Waals surface area contributed by atoms with E-state index >= 15 is 4.39 Å². The van der Waals surface area contributed by atoms with E-state index in [9.17, 15) is 10.1 Å². The van der Waals surface area contributed by atoms with Gasteiger partial charge in [0.05, 0.1) is 30.9 Å². The van der Waals surface area contributed by atoms with E-state index in [0.717, 1.165) is 35.7 Å². The number of morpholine rings is 1. The Morgan fingerprint density at radius 1 is 1.21 bits per heavy atom. The highest BCUT2D eigenvalue weighted by Gasteiger charge is 2.32. The molecule has 2 aliphatic heterocycles. The molecule has 0 bridgehead atoms. The highest BCUT2D eigenvalue weighted by Crippen LogP contribution is 2.32. The van der Waals surface area contributed by atoms with Crippen molar-refractivity contribution in [3.63, 3.8) is 0 Å². The molecular weight excluding hydrogens is 535 g/mol. The molecule has 10 nitrogen and oxygen atoms in total. The minimum absolute atomic E-state index is 0.0432. The van der Waals surface area contributed by atoms with Gasteiger partial charge < -0.3 is 20.3 Å². The van der Waals surface area contributed by atoms with Gasteiger partial charge >= 0.3 is 0 Å². The van der Waals surface area contributed by atoms with Crippen molar-refractivity contribution in [2.45, 2.75) is 31.8 Å². The summed E-state index contributed by atoms with van der Waals surface area (Å²) in [6.07, 6.45) is 4.97. The Hall–Kier alpha value is -4.66. The van der Waals surface area contributed by atoms with Crippen molar-refractivity contribution in [2.75, 3.05) is 48.0 Å². The minimum Gasteiger partial charge on any atom is -0.376 e. The minimum atomic E-state index is -0.662. The van der Waals surface area contributed by atoms with Crippen molar-refractivity contribution in [1.82, 2.24) is 20.3 Å². The summed E-state index contributed by atoms with van der Waals surface area (Å²) in [6, 6.07) is 15.6. The number of piperidine rings is 1. The summed E-state index contributed by atoms with van der Waals surface area (Å²) < 4.78 is 21.1. The fraction of sp³-hybridized carbons (Fsp3) is 0.323. The summed E-state index contributed by atoms with van der Waals surface area (Å²) in [5.41, 5.74) is 1.35. The normalized spacial score (nSPS) is 18.8. The van der Waals surface area contributed by atoms with Gasteiger partial charge in [-0.15, -0.1) is 0 Å². The second-order valence-electron chi connectivity index (χ2n) is 10.5. The van der Waals surface area contributed by atoms with Crippen molar-refractivity contribution in [3.8, 4) is 6.07 Å². The predicted molar refractivity (Wildman–Crippen MR) is 158 cm³/mol. The molecule has 1 amide bonds. The molecular formula is C31H31FN8O2. The number of aromatic nitrogens is 3. The van der Waals surface area contributed by atoms with Crippen LogP contribution in [0.25, 0.3) is 10.8 Å². The van der Waals surface area contributed by atoms with E-state index in [4.69, 9.17) is 4.74 Å². The number of hydrogen-bond donors (Lipinski definition) is 2. The fourth-order valence-electron chi connectivity index (χ4n) is 5.64. The van der Waals surface area contributed by atoms with Crippen molar-refractivity contribution >= 4 is 40.0 Å². The summed E-state index contributed by atoms with van der Waals surface area (Å²) in [4.78, 5) is 31.0. The third-order valence-electron chi connectivity index (χ3n) is 7.73. The number of aryl methyl sites for hydroxylation is 1. The zero-order chi connectivity index (χ0) is 29.1. The summed E-state index contributed by atoms with van der Waals surface area (Å²) in [7, 11) is 0. The van der Waals surface area contributed by atoms with Gasteiger partial charge in [-0.05, 0) is 67.6 Å². The van der Waals surface area contributed by atoms with Crippen LogP contribution in [0.2, 0.25) is 0 Å². The number of halogens is 1. The first-order valence-electron chi connectivity index (χ1n) is 14.1. The number of nitriles is 1. The average Bonchev–Trinajstić information content (AvgIpc) is 3.02. The number of pyridine rings is 1. The van der Waals surface area contributed by atoms with Crippen LogP contribution < -0.4 is 20.4 Å². The molecule has 2 aliphatic rings. The van der Waals surface area contributed by atoms with Crippen molar-refractivity contribution in [3.05, 3.63) is 77.9 Å². The zero-order valence-electron chi connectivity index (χ0n) is 23.3. The number of benzene rings is 2. The molecule has 42 heavy (non-hydrogen) atoms. The number of nitrogens with zero attached hydrogens (tertiary/aromatic N) is 6. The van der Waals surface area contributed by atoms with Gasteiger partial charge in [0.1, 0.15) is 23.5 Å². The monoisotopic (exact) mass is 566 g/mol. The Labute approximate surface area is 243 Å². The molecule has 1 unspecified atom stereocenters. The molecule has 2 saturated heterocycles. The molecule has 0 saturated carbocycles. The van der Waals surface area contributed by atoms with Crippen molar-refractivity contribution in [2.24, 2.45) is 0 Å². The van der Waals surface area contributed by atoms with Gasteiger partial charge in [-0.25, -0.2) is 14.4 Å². The lowest BCUT2D eigenvalue weighted by atomic mass is 10.0. The van der Waals surface area contributed by atoms with Crippen molar-refractivity contribution < 1.29 is 13.9 Å². The number of carbonyl (C=O) groups is 1. The second-order valence-corrected chi connectivity index (χ2v) is 10.5. The Morgan fingerprint density at radius 3 is 2.90 bits per heavy atom. The molecule has 6 rings (SSSR count). The Kier molecular flexibility index (Phi) is 7.90. The third-order valence-corrected chi connectivity index (χ3v) is 7.73. The first-order valence-corrected chi connectivity index (χ1v) is 14.1. The number of ether oxygens (including phenoxy) is 1. The molecule has 2 fully saturated rings. The van der Waals surface area contributed by atoms with Gasteiger partial charge in [-0.1, -0.05) is 18.2 Å². The van der Waals surface area contributed by atoms with Gasteiger partial charge in [0.2, 0.25) is 5.95 Å². The third kappa shape index (κ3) is 5.46. The number of rotatable bonds is 6. The maximum Gasteiger partial charge on any atom is 0.262 e. The smallest absolute Gasteiger partial charge is 0.262 e. The van der Waals surface area contributed by atoms with Crippen LogP contribution in [0.5, 0.6) is 0 Å². The molecule has 2 aromatic heterocycles. The molecule has 0 radical (unpaired) electrons. The SMILES string of the molecule is Cc1cccc2ccnc(N(C(=O)c3ccc(Nc4nccc(N5CCOCC5C#N)n4)cc3F)[C@@H]3CCCNC3)c12. The van der Waals surface area contributed by atoms with E-state index in [-0.39, 0.29) is 17.6 Å². The van der Waals surface area contributed by atoms with E-state index in [1.54, 1.807) is 29.4 Å². The van der Waals surface area contributed by atoms with Crippen LogP contribution in [-0.4, -0.2) is 65.8 Å². The Balaban J connectivity index is 1.29. The first-order chi connectivity index (χ1) is 20.5. The summed E-state index contributed by atoms with van der Waals surface area (Å²) in [5, 5.41) is 17.7. The summed E-state index contributed by atoms with van der Waals surface area (Å²) in [5.74, 6) is 0.257. The molecule has 0 spiro atoms. The van der Waals surface area contributed by atoms with Crippen LogP contribution >= 0.6 is 0 Å². The molecule has 4 heterocycles. The topological polar surface area (TPSA) is 119 Å². The number of amides is 1. The van der Waals surface area contributed by atoms with E-state index in [1.807, 2.05) is 36.1 Å². The summed E-state index contributed by atoms with van der Waals surface area (Å²) >= 11 is 0. The lowest BCUT2D eigenvalue weighted by molar-refractivity contribution is 0.0968. The number of anilines is 4. The average molecular weight is 567 g/mol. The number of fused-ring (bicyclic) bond motifs is 1. The number of nitrogens with one attached hydrogen (secondary N) is 2. The van der Waals surface area contributed by atoms with Crippen LogP contribution in [0, 0.1) is 24.1 Å². The maximum atomic E-state index is 15.7. The predicted octanol–water partition coefficient (Wildman–Crippen LogP) is 4.34.